The molecule has 0 spiro atoms. The maximum Gasteiger partial charge on any atom is 0.0507 e. The van der Waals surface area contributed by atoms with Crippen molar-refractivity contribution >= 4 is 21.6 Å². The minimum atomic E-state index is 0.399. The van der Waals surface area contributed by atoms with Crippen molar-refractivity contribution in [3.8, 4) is 0 Å². The third-order valence-corrected chi connectivity index (χ3v) is 3.12. The van der Waals surface area contributed by atoms with E-state index in [-0.39, 0.29) is 0 Å². The van der Waals surface area contributed by atoms with Crippen LogP contribution in [0, 0.1) is 5.92 Å². The van der Waals surface area contributed by atoms with E-state index in [9.17, 15) is 0 Å². The Kier molecular flexibility index (Phi) is 3.27. The molecule has 0 aliphatic heterocycles. The van der Waals surface area contributed by atoms with E-state index in [0.717, 1.165) is 10.2 Å². The standard InChI is InChI=1S/C13H14BrN/c1-10-4-2-3-5-13(10)15-12-8-6-11(14)7-9-12/h2-10,13,15H,1H3. The molecule has 2 rings (SSSR count). The summed E-state index contributed by atoms with van der Waals surface area (Å²) in [6, 6.07) is 8.67. The quantitative estimate of drug-likeness (QED) is 0.851. The summed E-state index contributed by atoms with van der Waals surface area (Å²) >= 11 is 3.43. The van der Waals surface area contributed by atoms with Crippen molar-refractivity contribution in [1.82, 2.24) is 0 Å². The predicted molar refractivity (Wildman–Crippen MR) is 69.0 cm³/mol. The summed E-state index contributed by atoms with van der Waals surface area (Å²) in [6.45, 7) is 2.22. The lowest BCUT2D eigenvalue weighted by molar-refractivity contribution is 0.660. The van der Waals surface area contributed by atoms with Gasteiger partial charge in [-0.25, -0.2) is 0 Å². The van der Waals surface area contributed by atoms with Crippen LogP contribution in [0.4, 0.5) is 5.69 Å². The molecule has 0 heterocycles. The van der Waals surface area contributed by atoms with E-state index in [2.05, 4.69) is 76.7 Å². The Morgan fingerprint density at radius 3 is 2.40 bits per heavy atom. The number of benzene rings is 1. The second-order valence-electron chi connectivity index (χ2n) is 3.81. The zero-order valence-electron chi connectivity index (χ0n) is 8.65. The van der Waals surface area contributed by atoms with Gasteiger partial charge in [0.2, 0.25) is 0 Å². The van der Waals surface area contributed by atoms with Crippen molar-refractivity contribution in [1.29, 1.82) is 0 Å². The molecule has 0 aromatic heterocycles. The fourth-order valence-corrected chi connectivity index (χ4v) is 1.90. The molecule has 0 amide bonds. The monoisotopic (exact) mass is 263 g/mol. The topological polar surface area (TPSA) is 12.0 Å². The summed E-state index contributed by atoms with van der Waals surface area (Å²) in [4.78, 5) is 0. The highest BCUT2D eigenvalue weighted by atomic mass is 79.9. The van der Waals surface area contributed by atoms with Gasteiger partial charge in [0.05, 0.1) is 6.04 Å². The lowest BCUT2D eigenvalue weighted by atomic mass is 9.97. The molecule has 0 fully saturated rings. The molecule has 1 aliphatic carbocycles. The number of halogens is 1. The number of hydrogen-bond acceptors (Lipinski definition) is 1. The van der Waals surface area contributed by atoms with Gasteiger partial charge in [-0.3, -0.25) is 0 Å². The van der Waals surface area contributed by atoms with Gasteiger partial charge in [-0.1, -0.05) is 47.2 Å². The molecule has 1 nitrogen and oxygen atoms in total. The SMILES string of the molecule is CC1C=CC=CC1Nc1ccc(Br)cc1. The first kappa shape index (κ1) is 10.5. The second-order valence-corrected chi connectivity index (χ2v) is 4.72. The highest BCUT2D eigenvalue weighted by Crippen LogP contribution is 2.19. The van der Waals surface area contributed by atoms with Crippen LogP contribution in [0.5, 0.6) is 0 Å². The highest BCUT2D eigenvalue weighted by Gasteiger charge is 2.12. The van der Waals surface area contributed by atoms with Gasteiger partial charge < -0.3 is 5.32 Å². The molecule has 0 saturated heterocycles. The predicted octanol–water partition coefficient (Wildman–Crippen LogP) is 3.99. The molecule has 0 saturated carbocycles. The van der Waals surface area contributed by atoms with Gasteiger partial charge in [-0.2, -0.15) is 0 Å². The number of anilines is 1. The lowest BCUT2D eigenvalue weighted by Gasteiger charge is -2.22. The Hall–Kier alpha value is -1.02. The van der Waals surface area contributed by atoms with Crippen LogP contribution in [0.25, 0.3) is 0 Å². The van der Waals surface area contributed by atoms with Crippen LogP contribution in [-0.4, -0.2) is 6.04 Å². The van der Waals surface area contributed by atoms with Crippen molar-refractivity contribution in [3.05, 3.63) is 53.0 Å². The van der Waals surface area contributed by atoms with Gasteiger partial charge in [0.1, 0.15) is 0 Å². The third-order valence-electron chi connectivity index (χ3n) is 2.59. The van der Waals surface area contributed by atoms with Crippen LogP contribution in [-0.2, 0) is 0 Å². The number of hydrogen-bond donors (Lipinski definition) is 1. The van der Waals surface area contributed by atoms with Gasteiger partial charge in [-0.15, -0.1) is 0 Å². The number of rotatable bonds is 2. The van der Waals surface area contributed by atoms with E-state index < -0.39 is 0 Å². The number of allylic oxidation sites excluding steroid dienone is 2. The van der Waals surface area contributed by atoms with Crippen LogP contribution in [0.1, 0.15) is 6.92 Å². The fourth-order valence-electron chi connectivity index (χ4n) is 1.64. The van der Waals surface area contributed by atoms with Crippen molar-refractivity contribution < 1.29 is 0 Å². The zero-order valence-corrected chi connectivity index (χ0v) is 10.2. The first-order valence-electron chi connectivity index (χ1n) is 5.13. The van der Waals surface area contributed by atoms with Crippen LogP contribution in [0.3, 0.4) is 0 Å². The first-order valence-corrected chi connectivity index (χ1v) is 5.92. The Balaban J connectivity index is 2.05. The molecule has 2 heteroatoms. The van der Waals surface area contributed by atoms with Gasteiger partial charge in [-0.05, 0) is 30.2 Å². The number of nitrogens with one attached hydrogen (secondary N) is 1. The molecule has 2 atom stereocenters. The average Bonchev–Trinajstić information content (AvgIpc) is 2.25. The van der Waals surface area contributed by atoms with E-state index in [1.807, 2.05) is 0 Å². The first-order chi connectivity index (χ1) is 7.25. The zero-order chi connectivity index (χ0) is 10.7. The van der Waals surface area contributed by atoms with Crippen LogP contribution in [0.2, 0.25) is 0 Å². The van der Waals surface area contributed by atoms with Gasteiger partial charge in [0.15, 0.2) is 0 Å². The van der Waals surface area contributed by atoms with E-state index in [4.69, 9.17) is 0 Å². The average molecular weight is 264 g/mol. The summed E-state index contributed by atoms with van der Waals surface area (Å²) in [6.07, 6.45) is 8.62. The van der Waals surface area contributed by atoms with Crippen molar-refractivity contribution in [2.45, 2.75) is 13.0 Å². The van der Waals surface area contributed by atoms with Crippen LogP contribution in [0.15, 0.2) is 53.0 Å². The summed E-state index contributed by atoms with van der Waals surface area (Å²) in [5.74, 6) is 0.540. The normalized spacial score (nSPS) is 24.1. The van der Waals surface area contributed by atoms with E-state index in [1.165, 1.54) is 0 Å². The summed E-state index contributed by atoms with van der Waals surface area (Å²) in [5.41, 5.74) is 1.16. The molecule has 0 bridgehead atoms. The van der Waals surface area contributed by atoms with E-state index in [0.29, 0.717) is 12.0 Å². The molecule has 0 radical (unpaired) electrons. The maximum absolute atomic E-state index is 3.50. The lowest BCUT2D eigenvalue weighted by Crippen LogP contribution is -2.25. The minimum absolute atomic E-state index is 0.399. The largest absolute Gasteiger partial charge is 0.378 e. The molecule has 1 aromatic carbocycles. The van der Waals surface area contributed by atoms with Crippen LogP contribution >= 0.6 is 15.9 Å². The smallest absolute Gasteiger partial charge is 0.0507 e. The van der Waals surface area contributed by atoms with Gasteiger partial charge >= 0.3 is 0 Å². The Bertz CT molecular complexity index is 378. The Morgan fingerprint density at radius 2 is 1.73 bits per heavy atom. The molecule has 1 aromatic rings. The highest BCUT2D eigenvalue weighted by molar-refractivity contribution is 9.10. The molecule has 1 aliphatic rings. The summed E-state index contributed by atoms with van der Waals surface area (Å²) in [7, 11) is 0. The van der Waals surface area contributed by atoms with Crippen molar-refractivity contribution in [2.24, 2.45) is 5.92 Å². The van der Waals surface area contributed by atoms with Crippen molar-refractivity contribution in [3.63, 3.8) is 0 Å². The van der Waals surface area contributed by atoms with Crippen molar-refractivity contribution in [2.75, 3.05) is 5.32 Å². The Labute approximate surface area is 99.0 Å². The molecule has 78 valence electrons. The molecule has 2 unspecified atom stereocenters. The third kappa shape index (κ3) is 2.72. The van der Waals surface area contributed by atoms with Gasteiger partial charge in [0.25, 0.3) is 0 Å². The van der Waals surface area contributed by atoms with Gasteiger partial charge in [0, 0.05) is 10.2 Å². The van der Waals surface area contributed by atoms with E-state index >= 15 is 0 Å². The summed E-state index contributed by atoms with van der Waals surface area (Å²) in [5, 5.41) is 3.50. The summed E-state index contributed by atoms with van der Waals surface area (Å²) < 4.78 is 1.11. The maximum atomic E-state index is 3.50. The fraction of sp³-hybridized carbons (Fsp3) is 0.231. The molecule has 15 heavy (non-hydrogen) atoms. The minimum Gasteiger partial charge on any atom is -0.378 e. The Morgan fingerprint density at radius 1 is 1.07 bits per heavy atom. The van der Waals surface area contributed by atoms with Crippen LogP contribution < -0.4 is 5.32 Å². The second kappa shape index (κ2) is 4.67. The van der Waals surface area contributed by atoms with E-state index in [1.54, 1.807) is 0 Å². The molecular formula is C13H14BrN. The molecule has 1 N–H and O–H groups in total. The molecular weight excluding hydrogens is 250 g/mol.